The van der Waals surface area contributed by atoms with E-state index in [2.05, 4.69) is 16.0 Å². The quantitative estimate of drug-likeness (QED) is 0.231. The number of nitrogens with zero attached hydrogens (tertiary/aromatic N) is 1. The van der Waals surface area contributed by atoms with Gasteiger partial charge in [0, 0.05) is 18.5 Å². The number of ether oxygens (including phenoxy) is 1. The summed E-state index contributed by atoms with van der Waals surface area (Å²) in [5, 5.41) is 18.6. The van der Waals surface area contributed by atoms with E-state index in [4.69, 9.17) is 4.74 Å². The monoisotopic (exact) mass is 652 g/mol. The molecule has 258 valence electrons. The topological polar surface area (TPSA) is 154 Å². The number of alkyl carbamates (subject to hydrolysis) is 1. The third-order valence-corrected chi connectivity index (χ3v) is 9.41. The van der Waals surface area contributed by atoms with Crippen LogP contribution < -0.4 is 16.0 Å². The zero-order valence-corrected chi connectivity index (χ0v) is 28.6. The average Bonchev–Trinajstić information content (AvgIpc) is 3.59. The van der Waals surface area contributed by atoms with Gasteiger partial charge in [0.1, 0.15) is 18.1 Å². The Hall–Kier alpha value is -3.89. The Morgan fingerprint density at radius 2 is 1.66 bits per heavy atom. The summed E-state index contributed by atoms with van der Waals surface area (Å²) >= 11 is 0. The molecule has 0 radical (unpaired) electrons. The zero-order chi connectivity index (χ0) is 34.5. The molecule has 11 heteroatoms. The summed E-state index contributed by atoms with van der Waals surface area (Å²) in [7, 11) is 0. The summed E-state index contributed by atoms with van der Waals surface area (Å²) < 4.78 is 5.29. The molecule has 1 aromatic rings. The van der Waals surface area contributed by atoms with Crippen LogP contribution in [0.15, 0.2) is 41.5 Å². The highest BCUT2D eigenvalue weighted by molar-refractivity contribution is 5.99. The van der Waals surface area contributed by atoms with Crippen LogP contribution in [0.5, 0.6) is 0 Å². The minimum absolute atomic E-state index is 0.0300. The molecule has 11 nitrogen and oxygen atoms in total. The molecule has 47 heavy (non-hydrogen) atoms. The first-order valence-electron chi connectivity index (χ1n) is 17.1. The van der Waals surface area contributed by atoms with Crippen LogP contribution in [0.4, 0.5) is 4.79 Å². The Labute approximate surface area is 278 Å². The highest BCUT2D eigenvalue weighted by atomic mass is 16.6. The maximum Gasteiger partial charge on any atom is 0.408 e. The Kier molecular flexibility index (Phi) is 11.7. The van der Waals surface area contributed by atoms with Crippen LogP contribution in [0, 0.1) is 17.3 Å². The molecule has 2 aliphatic carbocycles. The molecular formula is C36H52N4O7. The van der Waals surface area contributed by atoms with Crippen LogP contribution in [-0.2, 0) is 30.3 Å². The van der Waals surface area contributed by atoms with Crippen LogP contribution in [0.3, 0.4) is 0 Å². The molecule has 1 aromatic carbocycles. The molecule has 6 atom stereocenters. The molecule has 4 N–H and O–H groups in total. The van der Waals surface area contributed by atoms with Crippen LogP contribution >= 0.6 is 0 Å². The number of hydrogen-bond acceptors (Lipinski definition) is 6. The van der Waals surface area contributed by atoms with Crippen molar-refractivity contribution >= 4 is 29.8 Å². The minimum Gasteiger partial charge on any atom is -0.480 e. The predicted octanol–water partition coefficient (Wildman–Crippen LogP) is 4.35. The fourth-order valence-electron chi connectivity index (χ4n) is 7.07. The van der Waals surface area contributed by atoms with Crippen molar-refractivity contribution in [3.05, 3.63) is 47.0 Å². The van der Waals surface area contributed by atoms with E-state index >= 15 is 0 Å². The van der Waals surface area contributed by atoms with Gasteiger partial charge in [-0.2, -0.15) is 0 Å². The van der Waals surface area contributed by atoms with Crippen LogP contribution in [0.2, 0.25) is 0 Å². The molecule has 0 aromatic heterocycles. The highest BCUT2D eigenvalue weighted by Gasteiger charge is 2.52. The number of nitrogens with one attached hydrogen (secondary N) is 3. The van der Waals surface area contributed by atoms with E-state index < -0.39 is 47.6 Å². The summed E-state index contributed by atoms with van der Waals surface area (Å²) in [4.78, 5) is 68.7. The Morgan fingerprint density at radius 3 is 2.23 bits per heavy atom. The number of hydrogen-bond donors (Lipinski definition) is 4. The van der Waals surface area contributed by atoms with E-state index in [1.165, 1.54) is 0 Å². The number of carbonyl (C=O) groups excluding carboxylic acids is 4. The Bertz CT molecular complexity index is 1350. The maximum atomic E-state index is 14.3. The maximum absolute atomic E-state index is 14.3. The van der Waals surface area contributed by atoms with Gasteiger partial charge in [0.05, 0.1) is 12.1 Å². The first-order chi connectivity index (χ1) is 22.2. The van der Waals surface area contributed by atoms with Crippen molar-refractivity contribution in [2.24, 2.45) is 17.3 Å². The largest absolute Gasteiger partial charge is 0.480 e. The van der Waals surface area contributed by atoms with E-state index in [0.29, 0.717) is 37.8 Å². The Morgan fingerprint density at radius 1 is 0.979 bits per heavy atom. The normalized spacial score (nSPS) is 22.1. The first-order valence-corrected chi connectivity index (χ1v) is 17.1. The summed E-state index contributed by atoms with van der Waals surface area (Å²) in [5.74, 6) is -2.14. The standard InChI is InChI=1S/C36H52N4O7/c1-7-12-26(28(23-17-18-23)31(41)38-27(34(44)45)19-22-13-9-8-10-14-22)37-32(42)29-25-16-11-15-24(25)20-40(29)33(43)30(36(4,5)6)39-35(46)47-21(2)3/h8-10,13-14,21,24-27,29-30H,7,11-12,15-20H2,1-6H3,(H,37,42)(H,38,41)(H,39,46)(H,44,45)/t24-,25-,26?,27-,29-,30+/m0/s1. The summed E-state index contributed by atoms with van der Waals surface area (Å²) in [6.07, 6.45) is 4.35. The molecule has 1 heterocycles. The van der Waals surface area contributed by atoms with Crippen molar-refractivity contribution in [3.8, 4) is 0 Å². The van der Waals surface area contributed by atoms with E-state index in [1.807, 2.05) is 58.0 Å². The number of fused-ring (bicyclic) bond motifs is 1. The van der Waals surface area contributed by atoms with Crippen molar-refractivity contribution < 1.29 is 33.8 Å². The zero-order valence-electron chi connectivity index (χ0n) is 28.6. The molecule has 1 saturated heterocycles. The lowest BCUT2D eigenvalue weighted by molar-refractivity contribution is -0.143. The van der Waals surface area contributed by atoms with Crippen molar-refractivity contribution in [2.45, 2.75) is 123 Å². The summed E-state index contributed by atoms with van der Waals surface area (Å²) in [6.45, 7) is 11.4. The summed E-state index contributed by atoms with van der Waals surface area (Å²) in [5.41, 5.74) is 1.46. The fraction of sp³-hybridized carbons (Fsp3) is 0.639. The van der Waals surface area contributed by atoms with Gasteiger partial charge in [-0.25, -0.2) is 9.59 Å². The molecular weight excluding hydrogens is 600 g/mol. The second-order valence-electron chi connectivity index (χ2n) is 14.6. The van der Waals surface area contributed by atoms with Crippen LogP contribution in [0.25, 0.3) is 0 Å². The highest BCUT2D eigenvalue weighted by Crippen LogP contribution is 2.43. The van der Waals surface area contributed by atoms with Crippen LogP contribution in [0.1, 0.15) is 92.1 Å². The number of aliphatic carboxylic acids is 1. The van der Waals surface area contributed by atoms with E-state index in [9.17, 15) is 29.1 Å². The van der Waals surface area contributed by atoms with Gasteiger partial charge in [-0.05, 0) is 68.8 Å². The van der Waals surface area contributed by atoms with E-state index in [-0.39, 0.29) is 36.2 Å². The van der Waals surface area contributed by atoms with Gasteiger partial charge >= 0.3 is 12.1 Å². The van der Waals surface area contributed by atoms with Crippen molar-refractivity contribution in [1.29, 1.82) is 0 Å². The number of rotatable bonds is 13. The number of amides is 4. The molecule has 4 amide bonds. The SMILES string of the molecule is CCCC(NC(=O)[C@@H]1[C@H]2CCC[C@H]2CN1C(=O)[C@@H](NC(=O)OC(C)C)C(C)(C)C)C(C(=O)N[C@@H](Cc1ccccc1)C(=O)O)=C1CC1. The second-order valence-corrected chi connectivity index (χ2v) is 14.6. The molecule has 0 bridgehead atoms. The van der Waals surface area contributed by atoms with Crippen molar-refractivity contribution in [1.82, 2.24) is 20.9 Å². The smallest absolute Gasteiger partial charge is 0.408 e. The lowest BCUT2D eigenvalue weighted by Gasteiger charge is -2.36. The van der Waals surface area contributed by atoms with Gasteiger partial charge in [0.15, 0.2) is 0 Å². The van der Waals surface area contributed by atoms with Crippen molar-refractivity contribution in [3.63, 3.8) is 0 Å². The second kappa shape index (κ2) is 15.3. The van der Waals surface area contributed by atoms with Crippen LogP contribution in [-0.4, -0.2) is 76.6 Å². The lowest BCUT2D eigenvalue weighted by atomic mass is 9.85. The van der Waals surface area contributed by atoms with E-state index in [1.54, 1.807) is 18.7 Å². The molecule has 2 saturated carbocycles. The van der Waals surface area contributed by atoms with Gasteiger partial charge in [-0.3, -0.25) is 14.4 Å². The fourth-order valence-corrected chi connectivity index (χ4v) is 7.07. The molecule has 3 aliphatic rings. The first kappa shape index (κ1) is 36.0. The van der Waals surface area contributed by atoms with Gasteiger partial charge in [-0.15, -0.1) is 0 Å². The molecule has 4 rings (SSSR count). The minimum atomic E-state index is -1.14. The molecule has 1 aliphatic heterocycles. The number of carbonyl (C=O) groups is 5. The predicted molar refractivity (Wildman–Crippen MR) is 177 cm³/mol. The van der Waals surface area contributed by atoms with Gasteiger partial charge in [-0.1, -0.05) is 76.4 Å². The third kappa shape index (κ3) is 9.14. The Balaban J connectivity index is 1.56. The average molecular weight is 653 g/mol. The lowest BCUT2D eigenvalue weighted by Crippen LogP contribution is -2.59. The van der Waals surface area contributed by atoms with Gasteiger partial charge < -0.3 is 30.7 Å². The third-order valence-electron chi connectivity index (χ3n) is 9.41. The number of likely N-dealkylation sites (tertiary alicyclic amines) is 1. The molecule has 1 unspecified atom stereocenters. The van der Waals surface area contributed by atoms with E-state index in [0.717, 1.165) is 30.4 Å². The number of carboxylic acids is 1. The number of benzene rings is 1. The summed E-state index contributed by atoms with van der Waals surface area (Å²) in [6, 6.07) is 5.70. The van der Waals surface area contributed by atoms with Gasteiger partial charge in [0.2, 0.25) is 17.7 Å². The van der Waals surface area contributed by atoms with Gasteiger partial charge in [0.25, 0.3) is 0 Å². The number of allylic oxidation sites excluding steroid dienone is 1. The molecule has 0 spiro atoms. The number of carboxylic acid groups (broad SMARTS) is 1. The van der Waals surface area contributed by atoms with Crippen molar-refractivity contribution in [2.75, 3.05) is 6.54 Å². The molecule has 3 fully saturated rings.